The topological polar surface area (TPSA) is 18.5 Å². The second-order valence-corrected chi connectivity index (χ2v) is 4.37. The molecule has 18 heavy (non-hydrogen) atoms. The third-order valence-electron chi connectivity index (χ3n) is 3.12. The summed E-state index contributed by atoms with van der Waals surface area (Å²) >= 11 is 0. The lowest BCUT2D eigenvalue weighted by molar-refractivity contribution is 0.313. The standard InChI is InChI=1S/C13H21N3.C2H6/c1-3-14-12-4-6-13(7-5-12)16-10-8-15(2)9-11-16;1-2/h4-7,14H,3,8-11H2,1-2H3;1-2H3. The number of benzene rings is 1. The Labute approximate surface area is 112 Å². The Kier molecular flexibility index (Phi) is 6.58. The van der Waals surface area contributed by atoms with Crippen molar-refractivity contribution < 1.29 is 0 Å². The van der Waals surface area contributed by atoms with E-state index in [-0.39, 0.29) is 0 Å². The molecule has 0 aliphatic carbocycles. The molecule has 102 valence electrons. The van der Waals surface area contributed by atoms with Crippen LogP contribution < -0.4 is 10.2 Å². The minimum atomic E-state index is 0.980. The van der Waals surface area contributed by atoms with Crippen LogP contribution in [0.2, 0.25) is 0 Å². The van der Waals surface area contributed by atoms with Gasteiger partial charge in [-0.25, -0.2) is 0 Å². The summed E-state index contributed by atoms with van der Waals surface area (Å²) < 4.78 is 0. The molecule has 3 nitrogen and oxygen atoms in total. The predicted molar refractivity (Wildman–Crippen MR) is 81.7 cm³/mol. The Morgan fingerprint density at radius 1 is 1.00 bits per heavy atom. The second kappa shape index (κ2) is 7.98. The van der Waals surface area contributed by atoms with Gasteiger partial charge in [-0.15, -0.1) is 0 Å². The van der Waals surface area contributed by atoms with Crippen LogP contribution in [0, 0.1) is 0 Å². The van der Waals surface area contributed by atoms with Crippen molar-refractivity contribution in [1.29, 1.82) is 0 Å². The molecule has 1 saturated heterocycles. The van der Waals surface area contributed by atoms with E-state index in [0.29, 0.717) is 0 Å². The number of hydrogen-bond acceptors (Lipinski definition) is 3. The molecule has 0 spiro atoms. The average molecular weight is 249 g/mol. The molecule has 1 aromatic rings. The van der Waals surface area contributed by atoms with Crippen molar-refractivity contribution in [2.75, 3.05) is 50.0 Å². The van der Waals surface area contributed by atoms with Gasteiger partial charge in [0.1, 0.15) is 0 Å². The maximum atomic E-state index is 3.32. The van der Waals surface area contributed by atoms with Crippen LogP contribution in [0.5, 0.6) is 0 Å². The van der Waals surface area contributed by atoms with Gasteiger partial charge in [0, 0.05) is 44.1 Å². The van der Waals surface area contributed by atoms with Gasteiger partial charge in [0.05, 0.1) is 0 Å². The molecule has 2 rings (SSSR count). The van der Waals surface area contributed by atoms with Crippen molar-refractivity contribution in [1.82, 2.24) is 4.90 Å². The first-order valence-electron chi connectivity index (χ1n) is 7.07. The molecule has 1 aliphatic rings. The summed E-state index contributed by atoms with van der Waals surface area (Å²) in [4.78, 5) is 4.83. The van der Waals surface area contributed by atoms with Crippen molar-refractivity contribution in [2.24, 2.45) is 0 Å². The summed E-state index contributed by atoms with van der Waals surface area (Å²) in [5.41, 5.74) is 2.55. The van der Waals surface area contributed by atoms with Crippen LogP contribution in [0.3, 0.4) is 0 Å². The zero-order valence-electron chi connectivity index (χ0n) is 12.2. The van der Waals surface area contributed by atoms with Gasteiger partial charge in [-0.3, -0.25) is 0 Å². The fourth-order valence-corrected chi connectivity index (χ4v) is 2.06. The van der Waals surface area contributed by atoms with Gasteiger partial charge in [-0.1, -0.05) is 13.8 Å². The zero-order valence-corrected chi connectivity index (χ0v) is 12.2. The summed E-state index contributed by atoms with van der Waals surface area (Å²) in [5.74, 6) is 0. The number of rotatable bonds is 3. The smallest absolute Gasteiger partial charge is 0.0368 e. The third-order valence-corrected chi connectivity index (χ3v) is 3.12. The molecular formula is C15H27N3. The highest BCUT2D eigenvalue weighted by atomic mass is 15.2. The van der Waals surface area contributed by atoms with E-state index in [9.17, 15) is 0 Å². The summed E-state index contributed by atoms with van der Waals surface area (Å²) in [6, 6.07) is 8.75. The number of hydrogen-bond donors (Lipinski definition) is 1. The molecule has 3 heteroatoms. The molecule has 1 fully saturated rings. The summed E-state index contributed by atoms with van der Waals surface area (Å²) in [7, 11) is 2.19. The van der Waals surface area contributed by atoms with Gasteiger partial charge in [0.15, 0.2) is 0 Å². The van der Waals surface area contributed by atoms with E-state index in [1.54, 1.807) is 0 Å². The molecule has 0 aromatic heterocycles. The zero-order chi connectivity index (χ0) is 13.4. The van der Waals surface area contributed by atoms with Crippen LogP contribution >= 0.6 is 0 Å². The monoisotopic (exact) mass is 249 g/mol. The van der Waals surface area contributed by atoms with E-state index in [4.69, 9.17) is 0 Å². The Morgan fingerprint density at radius 2 is 1.56 bits per heavy atom. The summed E-state index contributed by atoms with van der Waals surface area (Å²) in [6.07, 6.45) is 0. The van der Waals surface area contributed by atoms with E-state index in [2.05, 4.69) is 53.4 Å². The molecule has 1 aromatic carbocycles. The highest BCUT2D eigenvalue weighted by molar-refractivity contribution is 5.55. The molecule has 1 aliphatic heterocycles. The largest absolute Gasteiger partial charge is 0.385 e. The number of anilines is 2. The maximum absolute atomic E-state index is 3.32. The van der Waals surface area contributed by atoms with Crippen LogP contribution in [-0.2, 0) is 0 Å². The van der Waals surface area contributed by atoms with Gasteiger partial charge in [-0.2, -0.15) is 0 Å². The summed E-state index contributed by atoms with van der Waals surface area (Å²) in [5, 5.41) is 3.32. The molecule has 1 heterocycles. The van der Waals surface area contributed by atoms with Crippen molar-refractivity contribution in [3.05, 3.63) is 24.3 Å². The Hall–Kier alpha value is -1.22. The fourth-order valence-electron chi connectivity index (χ4n) is 2.06. The van der Waals surface area contributed by atoms with Crippen molar-refractivity contribution in [2.45, 2.75) is 20.8 Å². The third kappa shape index (κ3) is 4.22. The second-order valence-electron chi connectivity index (χ2n) is 4.37. The lowest BCUT2D eigenvalue weighted by atomic mass is 10.2. The number of piperazine rings is 1. The van der Waals surface area contributed by atoms with Gasteiger partial charge < -0.3 is 15.1 Å². The highest BCUT2D eigenvalue weighted by Gasteiger charge is 2.13. The van der Waals surface area contributed by atoms with Crippen molar-refractivity contribution >= 4 is 11.4 Å². The van der Waals surface area contributed by atoms with E-state index in [0.717, 1.165) is 32.7 Å². The minimum absolute atomic E-state index is 0.980. The average Bonchev–Trinajstić information content (AvgIpc) is 2.43. The molecular weight excluding hydrogens is 222 g/mol. The summed E-state index contributed by atoms with van der Waals surface area (Å²) in [6.45, 7) is 11.7. The fraction of sp³-hybridized carbons (Fsp3) is 0.600. The Morgan fingerprint density at radius 3 is 2.06 bits per heavy atom. The van der Waals surface area contributed by atoms with Crippen molar-refractivity contribution in [3.63, 3.8) is 0 Å². The van der Waals surface area contributed by atoms with E-state index in [1.165, 1.54) is 11.4 Å². The predicted octanol–water partition coefficient (Wildman–Crippen LogP) is 2.90. The van der Waals surface area contributed by atoms with Crippen LogP contribution in [0.1, 0.15) is 20.8 Å². The van der Waals surface area contributed by atoms with Gasteiger partial charge in [-0.05, 0) is 38.2 Å². The van der Waals surface area contributed by atoms with Crippen LogP contribution in [0.15, 0.2) is 24.3 Å². The number of nitrogens with zero attached hydrogens (tertiary/aromatic N) is 2. The first-order chi connectivity index (χ1) is 8.79. The highest BCUT2D eigenvalue weighted by Crippen LogP contribution is 2.18. The number of likely N-dealkylation sites (N-methyl/N-ethyl adjacent to an activating group) is 1. The molecule has 0 saturated carbocycles. The molecule has 0 radical (unpaired) electrons. The van der Waals surface area contributed by atoms with E-state index in [1.807, 2.05) is 13.8 Å². The first kappa shape index (κ1) is 14.8. The number of nitrogens with one attached hydrogen (secondary N) is 1. The Balaban J connectivity index is 0.000000771. The SMILES string of the molecule is CC.CCNc1ccc(N2CCN(C)CC2)cc1. The molecule has 1 N–H and O–H groups in total. The van der Waals surface area contributed by atoms with Gasteiger partial charge in [0.25, 0.3) is 0 Å². The van der Waals surface area contributed by atoms with E-state index >= 15 is 0 Å². The van der Waals surface area contributed by atoms with Crippen LogP contribution in [0.4, 0.5) is 11.4 Å². The minimum Gasteiger partial charge on any atom is -0.385 e. The lowest BCUT2D eigenvalue weighted by Crippen LogP contribution is -2.44. The van der Waals surface area contributed by atoms with Crippen molar-refractivity contribution in [3.8, 4) is 0 Å². The molecule has 0 atom stereocenters. The van der Waals surface area contributed by atoms with Gasteiger partial charge >= 0.3 is 0 Å². The molecule has 0 unspecified atom stereocenters. The quantitative estimate of drug-likeness (QED) is 0.888. The first-order valence-corrected chi connectivity index (χ1v) is 7.07. The maximum Gasteiger partial charge on any atom is 0.0368 e. The Bertz CT molecular complexity index is 313. The van der Waals surface area contributed by atoms with Gasteiger partial charge in [0.2, 0.25) is 0 Å². The van der Waals surface area contributed by atoms with E-state index < -0.39 is 0 Å². The normalized spacial score (nSPS) is 15.9. The van der Waals surface area contributed by atoms with Crippen LogP contribution in [0.25, 0.3) is 0 Å². The molecule has 0 bridgehead atoms. The lowest BCUT2D eigenvalue weighted by Gasteiger charge is -2.34. The van der Waals surface area contributed by atoms with Crippen LogP contribution in [-0.4, -0.2) is 44.7 Å². The molecule has 0 amide bonds.